The Bertz CT molecular complexity index is 316. The van der Waals surface area contributed by atoms with Crippen molar-refractivity contribution in [3.05, 3.63) is 30.1 Å². The number of halogens is 1. The van der Waals surface area contributed by atoms with Crippen molar-refractivity contribution in [1.29, 1.82) is 0 Å². The highest BCUT2D eigenvalue weighted by molar-refractivity contribution is 7.99. The number of thioether (sulfide) groups is 1. The normalized spacial score (nSPS) is 10.0. The number of carbonyl (C=O) groups is 1. The molecule has 82 valence electrons. The first kappa shape index (κ1) is 12.0. The second kappa shape index (κ2) is 6.42. The minimum Gasteiger partial charge on any atom is -0.277 e. The van der Waals surface area contributed by atoms with Crippen LogP contribution in [0.15, 0.2) is 29.2 Å². The first-order valence-electron chi connectivity index (χ1n) is 4.42. The van der Waals surface area contributed by atoms with Gasteiger partial charge in [-0.2, -0.15) is 0 Å². The molecule has 0 aromatic heterocycles. The van der Waals surface area contributed by atoms with Gasteiger partial charge in [-0.05, 0) is 24.3 Å². The molecule has 3 nitrogen and oxygen atoms in total. The average molecular weight is 229 g/mol. The van der Waals surface area contributed by atoms with E-state index in [0.717, 1.165) is 4.90 Å². The number of carbonyl (C=O) groups excluding carboxylic acids is 1. The fourth-order valence-electron chi connectivity index (χ4n) is 0.957. The molecule has 1 rings (SSSR count). The minimum atomic E-state index is -0.253. The lowest BCUT2D eigenvalue weighted by molar-refractivity contribution is -0.130. The van der Waals surface area contributed by atoms with Gasteiger partial charge in [0.2, 0.25) is 5.91 Å². The summed E-state index contributed by atoms with van der Waals surface area (Å²) in [5.41, 5.74) is 2.23. The molecule has 0 radical (unpaired) electrons. The summed E-state index contributed by atoms with van der Waals surface area (Å²) in [5.74, 6) is 0.226. The highest BCUT2D eigenvalue weighted by Gasteiger charge is 2.00. The van der Waals surface area contributed by atoms with E-state index in [1.165, 1.54) is 31.0 Å². The van der Waals surface area contributed by atoms with Crippen LogP contribution in [-0.4, -0.2) is 18.8 Å². The second-order valence-electron chi connectivity index (χ2n) is 2.78. The van der Waals surface area contributed by atoms with E-state index < -0.39 is 0 Å². The van der Waals surface area contributed by atoms with Crippen molar-refractivity contribution in [2.75, 3.05) is 12.9 Å². The summed E-state index contributed by atoms with van der Waals surface area (Å²) < 4.78 is 12.5. The summed E-state index contributed by atoms with van der Waals surface area (Å²) in [6, 6.07) is 6.18. The van der Waals surface area contributed by atoms with Gasteiger partial charge in [0.05, 0.1) is 7.11 Å². The number of hydroxylamine groups is 1. The Hall–Kier alpha value is -1.07. The molecule has 0 saturated heterocycles. The molecule has 0 saturated carbocycles. The number of hydrogen-bond donors (Lipinski definition) is 1. The molecule has 1 aromatic carbocycles. The Morgan fingerprint density at radius 3 is 2.73 bits per heavy atom. The number of nitrogens with one attached hydrogen (secondary N) is 1. The average Bonchev–Trinajstić information content (AvgIpc) is 2.21. The van der Waals surface area contributed by atoms with Crippen LogP contribution in [0.2, 0.25) is 0 Å². The van der Waals surface area contributed by atoms with E-state index in [0.29, 0.717) is 12.2 Å². The lowest BCUT2D eigenvalue weighted by Gasteiger charge is -2.02. The van der Waals surface area contributed by atoms with Gasteiger partial charge >= 0.3 is 0 Å². The van der Waals surface area contributed by atoms with E-state index in [4.69, 9.17) is 0 Å². The third-order valence-electron chi connectivity index (χ3n) is 1.63. The van der Waals surface area contributed by atoms with Crippen LogP contribution in [0, 0.1) is 5.82 Å². The minimum absolute atomic E-state index is 0.160. The molecule has 0 bridgehead atoms. The predicted molar refractivity (Wildman–Crippen MR) is 56.9 cm³/mol. The second-order valence-corrected chi connectivity index (χ2v) is 3.95. The highest BCUT2D eigenvalue weighted by atomic mass is 32.2. The molecule has 0 aliphatic rings. The molecular weight excluding hydrogens is 217 g/mol. The predicted octanol–water partition coefficient (Wildman–Crippen LogP) is 1.99. The van der Waals surface area contributed by atoms with E-state index in [2.05, 4.69) is 10.3 Å². The van der Waals surface area contributed by atoms with Gasteiger partial charge in [-0.1, -0.05) is 0 Å². The molecular formula is C10H12FNO2S. The maximum Gasteiger partial charge on any atom is 0.244 e. The summed E-state index contributed by atoms with van der Waals surface area (Å²) in [6.45, 7) is 0. The molecule has 15 heavy (non-hydrogen) atoms. The van der Waals surface area contributed by atoms with E-state index in [1.807, 2.05) is 0 Å². The Kier molecular flexibility index (Phi) is 5.14. The topological polar surface area (TPSA) is 38.3 Å². The first-order valence-corrected chi connectivity index (χ1v) is 5.41. The summed E-state index contributed by atoms with van der Waals surface area (Å²) in [6.07, 6.45) is 0.371. The Balaban J connectivity index is 2.26. The molecule has 0 heterocycles. The summed E-state index contributed by atoms with van der Waals surface area (Å²) in [4.78, 5) is 16.4. The number of amides is 1. The Morgan fingerprint density at radius 2 is 2.13 bits per heavy atom. The van der Waals surface area contributed by atoms with E-state index >= 15 is 0 Å². The molecule has 1 amide bonds. The lowest BCUT2D eigenvalue weighted by Crippen LogP contribution is -2.21. The van der Waals surface area contributed by atoms with Crippen molar-refractivity contribution >= 4 is 17.7 Å². The van der Waals surface area contributed by atoms with Crippen molar-refractivity contribution in [2.24, 2.45) is 0 Å². The van der Waals surface area contributed by atoms with Crippen molar-refractivity contribution in [2.45, 2.75) is 11.3 Å². The number of rotatable bonds is 5. The van der Waals surface area contributed by atoms with Crippen molar-refractivity contribution < 1.29 is 14.0 Å². The van der Waals surface area contributed by atoms with Crippen LogP contribution in [0.1, 0.15) is 6.42 Å². The van der Waals surface area contributed by atoms with Gasteiger partial charge in [0, 0.05) is 17.1 Å². The Labute approximate surface area is 92.0 Å². The van der Waals surface area contributed by atoms with Gasteiger partial charge in [-0.25, -0.2) is 9.87 Å². The molecule has 5 heteroatoms. The van der Waals surface area contributed by atoms with Crippen LogP contribution in [0.4, 0.5) is 4.39 Å². The number of benzene rings is 1. The van der Waals surface area contributed by atoms with Gasteiger partial charge in [-0.15, -0.1) is 11.8 Å². The van der Waals surface area contributed by atoms with Gasteiger partial charge in [0.15, 0.2) is 0 Å². The van der Waals surface area contributed by atoms with Gasteiger partial charge in [0.1, 0.15) is 5.82 Å². The number of hydrogen-bond acceptors (Lipinski definition) is 3. The van der Waals surface area contributed by atoms with E-state index in [-0.39, 0.29) is 11.7 Å². The van der Waals surface area contributed by atoms with Gasteiger partial charge in [0.25, 0.3) is 0 Å². The van der Waals surface area contributed by atoms with E-state index in [1.54, 1.807) is 12.1 Å². The fourth-order valence-corrected chi connectivity index (χ4v) is 1.81. The summed E-state index contributed by atoms with van der Waals surface area (Å²) in [7, 11) is 1.39. The zero-order chi connectivity index (χ0) is 11.1. The first-order chi connectivity index (χ1) is 7.22. The fraction of sp³-hybridized carbons (Fsp3) is 0.300. The summed E-state index contributed by atoms with van der Waals surface area (Å²) in [5, 5.41) is 0. The van der Waals surface area contributed by atoms with Crippen molar-refractivity contribution in [1.82, 2.24) is 5.48 Å². The molecule has 0 fully saturated rings. The van der Waals surface area contributed by atoms with Crippen LogP contribution in [0.25, 0.3) is 0 Å². The SMILES string of the molecule is CONC(=O)CCSc1ccc(F)cc1. The van der Waals surface area contributed by atoms with Crippen molar-refractivity contribution in [3.8, 4) is 0 Å². The lowest BCUT2D eigenvalue weighted by atomic mass is 10.4. The van der Waals surface area contributed by atoms with Crippen LogP contribution in [-0.2, 0) is 9.63 Å². The molecule has 1 aromatic rings. The largest absolute Gasteiger partial charge is 0.277 e. The zero-order valence-corrected chi connectivity index (χ0v) is 9.14. The quantitative estimate of drug-likeness (QED) is 0.620. The molecule has 0 spiro atoms. The third-order valence-corrected chi connectivity index (χ3v) is 2.64. The van der Waals surface area contributed by atoms with Crippen LogP contribution >= 0.6 is 11.8 Å². The molecule has 0 aliphatic heterocycles. The maximum atomic E-state index is 12.5. The van der Waals surface area contributed by atoms with Crippen molar-refractivity contribution in [3.63, 3.8) is 0 Å². The van der Waals surface area contributed by atoms with Gasteiger partial charge in [-0.3, -0.25) is 9.63 Å². The zero-order valence-electron chi connectivity index (χ0n) is 8.33. The van der Waals surface area contributed by atoms with E-state index in [9.17, 15) is 9.18 Å². The monoisotopic (exact) mass is 229 g/mol. The molecule has 1 N–H and O–H groups in total. The van der Waals surface area contributed by atoms with Crippen LogP contribution in [0.5, 0.6) is 0 Å². The smallest absolute Gasteiger partial charge is 0.244 e. The van der Waals surface area contributed by atoms with Crippen LogP contribution < -0.4 is 5.48 Å². The van der Waals surface area contributed by atoms with Crippen LogP contribution in [0.3, 0.4) is 0 Å². The highest BCUT2D eigenvalue weighted by Crippen LogP contribution is 2.18. The molecule has 0 unspecified atom stereocenters. The maximum absolute atomic E-state index is 12.5. The standard InChI is InChI=1S/C10H12FNO2S/c1-14-12-10(13)6-7-15-9-4-2-8(11)3-5-9/h2-5H,6-7H2,1H3,(H,12,13). The third kappa shape index (κ3) is 4.80. The molecule has 0 atom stereocenters. The Morgan fingerprint density at radius 1 is 1.47 bits per heavy atom. The molecule has 0 aliphatic carbocycles. The van der Waals surface area contributed by atoms with Gasteiger partial charge < -0.3 is 0 Å². The summed E-state index contributed by atoms with van der Waals surface area (Å²) >= 11 is 1.50.